The van der Waals surface area contributed by atoms with Crippen LogP contribution in [0.5, 0.6) is 0 Å². The first kappa shape index (κ1) is 32.7. The highest BCUT2D eigenvalue weighted by Gasteiger charge is 2.26. The van der Waals surface area contributed by atoms with Crippen molar-refractivity contribution in [2.24, 2.45) is 0 Å². The molecule has 0 spiro atoms. The lowest BCUT2D eigenvalue weighted by atomic mass is 9.98. The zero-order chi connectivity index (χ0) is 38.2. The van der Waals surface area contributed by atoms with Crippen LogP contribution < -0.4 is 4.90 Å². The van der Waals surface area contributed by atoms with E-state index in [4.69, 9.17) is 9.40 Å². The number of para-hydroxylation sites is 4. The minimum atomic E-state index is 0.609. The van der Waals surface area contributed by atoms with Gasteiger partial charge in [0, 0.05) is 54.0 Å². The highest BCUT2D eigenvalue weighted by Crippen LogP contribution is 2.51. The molecule has 0 saturated heterocycles. The van der Waals surface area contributed by atoms with Gasteiger partial charge in [0.1, 0.15) is 5.52 Å². The predicted octanol–water partition coefficient (Wildman–Crippen LogP) is 15.2. The number of hydrogen-bond donors (Lipinski definition) is 0. The van der Waals surface area contributed by atoms with Crippen LogP contribution in [0.2, 0.25) is 0 Å². The first-order valence-electron chi connectivity index (χ1n) is 19.6. The Morgan fingerprint density at radius 1 is 0.466 bits per heavy atom. The molecule has 0 radical (unpaired) electrons. The second-order valence-corrected chi connectivity index (χ2v) is 15.7. The van der Waals surface area contributed by atoms with E-state index in [0.717, 1.165) is 56.1 Å². The summed E-state index contributed by atoms with van der Waals surface area (Å²) in [5, 5.41) is 7.36. The maximum atomic E-state index is 6.69. The molecule has 0 bridgehead atoms. The maximum absolute atomic E-state index is 6.69. The summed E-state index contributed by atoms with van der Waals surface area (Å²) in [6.45, 7) is 0. The molecule has 0 aliphatic rings. The summed E-state index contributed by atoms with van der Waals surface area (Å²) in [7, 11) is 0. The van der Waals surface area contributed by atoms with E-state index in [1.165, 1.54) is 47.2 Å². The summed E-state index contributed by atoms with van der Waals surface area (Å²) in [4.78, 5) is 7.47. The zero-order valence-corrected chi connectivity index (χ0v) is 32.0. The van der Waals surface area contributed by atoms with E-state index in [1.807, 2.05) is 47.7 Å². The van der Waals surface area contributed by atoms with E-state index in [9.17, 15) is 0 Å². The molecule has 9 aromatic carbocycles. The van der Waals surface area contributed by atoms with Crippen LogP contribution in [0.4, 0.5) is 17.1 Å². The Kier molecular flexibility index (Phi) is 7.37. The Morgan fingerprint density at radius 2 is 1.10 bits per heavy atom. The van der Waals surface area contributed by atoms with Crippen molar-refractivity contribution >= 4 is 92.2 Å². The van der Waals surface area contributed by atoms with E-state index in [0.29, 0.717) is 5.89 Å². The highest BCUT2D eigenvalue weighted by molar-refractivity contribution is 7.26. The summed E-state index contributed by atoms with van der Waals surface area (Å²) < 4.78 is 11.6. The quantitative estimate of drug-likeness (QED) is 0.169. The molecule has 0 unspecified atom stereocenters. The molecule has 0 atom stereocenters. The molecule has 0 fully saturated rings. The van der Waals surface area contributed by atoms with Gasteiger partial charge in [-0.25, -0.2) is 4.98 Å². The van der Waals surface area contributed by atoms with Crippen molar-refractivity contribution in [1.82, 2.24) is 9.55 Å². The fraction of sp³-hybridized carbons (Fsp3) is 0. The van der Waals surface area contributed by atoms with Crippen molar-refractivity contribution in [2.75, 3.05) is 4.90 Å². The van der Waals surface area contributed by atoms with Gasteiger partial charge in [-0.1, -0.05) is 140 Å². The van der Waals surface area contributed by atoms with Crippen LogP contribution in [-0.2, 0) is 0 Å². The van der Waals surface area contributed by atoms with Crippen molar-refractivity contribution in [1.29, 1.82) is 0 Å². The smallest absolute Gasteiger partial charge is 0.227 e. The lowest BCUT2D eigenvalue weighted by Crippen LogP contribution is -2.12. The topological polar surface area (TPSA) is 34.2 Å². The summed E-state index contributed by atoms with van der Waals surface area (Å²) in [6, 6.07) is 71.5. The van der Waals surface area contributed by atoms with E-state index < -0.39 is 0 Å². The van der Waals surface area contributed by atoms with Crippen molar-refractivity contribution in [3.05, 3.63) is 200 Å². The molecular formula is C53H33N3OS. The molecule has 0 saturated carbocycles. The van der Waals surface area contributed by atoms with Gasteiger partial charge in [-0.2, -0.15) is 0 Å². The molecule has 272 valence electrons. The predicted molar refractivity (Wildman–Crippen MR) is 244 cm³/mol. The van der Waals surface area contributed by atoms with Gasteiger partial charge in [0.15, 0.2) is 5.58 Å². The van der Waals surface area contributed by atoms with Gasteiger partial charge in [-0.15, -0.1) is 11.3 Å². The largest absolute Gasteiger partial charge is 0.435 e. The molecule has 12 rings (SSSR count). The molecule has 58 heavy (non-hydrogen) atoms. The van der Waals surface area contributed by atoms with Gasteiger partial charge in [-0.3, -0.25) is 0 Å². The first-order valence-corrected chi connectivity index (χ1v) is 20.4. The van der Waals surface area contributed by atoms with Crippen molar-refractivity contribution < 1.29 is 4.42 Å². The number of nitrogens with zero attached hydrogens (tertiary/aromatic N) is 3. The molecule has 4 nitrogen and oxygen atoms in total. The van der Waals surface area contributed by atoms with Crippen LogP contribution in [0.3, 0.4) is 0 Å². The Labute approximate surface area is 338 Å². The Hall–Kier alpha value is -7.47. The number of aromatic nitrogens is 2. The third-order valence-corrected chi connectivity index (χ3v) is 12.6. The average Bonchev–Trinajstić information content (AvgIpc) is 4.00. The first-order chi connectivity index (χ1) is 28.8. The van der Waals surface area contributed by atoms with Gasteiger partial charge in [0.05, 0.1) is 32.8 Å². The van der Waals surface area contributed by atoms with E-state index >= 15 is 0 Å². The van der Waals surface area contributed by atoms with E-state index in [-0.39, 0.29) is 0 Å². The lowest BCUT2D eigenvalue weighted by Gasteiger charge is -2.30. The summed E-state index contributed by atoms with van der Waals surface area (Å²) in [5.41, 5.74) is 11.3. The van der Waals surface area contributed by atoms with Crippen LogP contribution in [0.25, 0.3) is 92.1 Å². The Bertz CT molecular complexity index is 3530. The van der Waals surface area contributed by atoms with Crippen molar-refractivity contribution in [3.8, 4) is 28.3 Å². The van der Waals surface area contributed by atoms with Crippen LogP contribution in [0.1, 0.15) is 0 Å². The summed E-state index contributed by atoms with van der Waals surface area (Å²) >= 11 is 1.85. The second-order valence-electron chi connectivity index (χ2n) is 14.7. The average molecular weight is 760 g/mol. The summed E-state index contributed by atoms with van der Waals surface area (Å²) in [6.07, 6.45) is 0. The van der Waals surface area contributed by atoms with Gasteiger partial charge in [0.25, 0.3) is 0 Å². The molecule has 5 heteroatoms. The Balaban J connectivity index is 1.21. The fourth-order valence-corrected chi connectivity index (χ4v) is 10.1. The van der Waals surface area contributed by atoms with E-state index in [1.54, 1.807) is 0 Å². The SMILES string of the molecule is c1ccc(-c2nc3cccc(-c4ccccc4N(c4cc5c(c6ccccc46)c4ccccc4n5-c4ccccc4)c4cccc5c4sc4ccccc45)c3o2)cc1. The number of benzene rings is 9. The minimum Gasteiger partial charge on any atom is -0.435 e. The number of thiophene rings is 1. The van der Waals surface area contributed by atoms with Gasteiger partial charge >= 0.3 is 0 Å². The van der Waals surface area contributed by atoms with Gasteiger partial charge < -0.3 is 13.9 Å². The number of fused-ring (bicyclic) bond motifs is 9. The second kappa shape index (κ2) is 13.1. The normalized spacial score (nSPS) is 11.8. The number of hydrogen-bond acceptors (Lipinski definition) is 4. The Morgan fingerprint density at radius 3 is 1.97 bits per heavy atom. The fourth-order valence-electron chi connectivity index (χ4n) is 8.91. The third-order valence-electron chi connectivity index (χ3n) is 11.4. The standard InChI is InChI=1S/C53H33N3OS/c1-3-17-34(18-4-1)53-54-43-28-15-26-40(51(43)57-53)37-22-9-12-29-44(37)56(46-31-16-27-41-38-23-11-14-32-49(38)58-52(41)46)47-33-48-50(39-24-8-7-21-36(39)47)42-25-10-13-30-45(42)55(48)35-19-5-2-6-20-35/h1-33H. The van der Waals surface area contributed by atoms with Gasteiger partial charge in [-0.05, 0) is 66.0 Å². The van der Waals surface area contributed by atoms with Gasteiger partial charge in [0.2, 0.25) is 5.89 Å². The molecule has 0 aliphatic carbocycles. The molecule has 0 aliphatic heterocycles. The van der Waals surface area contributed by atoms with Crippen LogP contribution in [-0.4, -0.2) is 9.55 Å². The number of rotatable bonds is 6. The zero-order valence-electron chi connectivity index (χ0n) is 31.2. The maximum Gasteiger partial charge on any atom is 0.227 e. The molecule has 3 heterocycles. The van der Waals surface area contributed by atoms with Crippen LogP contribution in [0, 0.1) is 0 Å². The minimum absolute atomic E-state index is 0.609. The molecule has 3 aromatic heterocycles. The van der Waals surface area contributed by atoms with Crippen molar-refractivity contribution in [2.45, 2.75) is 0 Å². The van der Waals surface area contributed by atoms with Crippen LogP contribution >= 0.6 is 11.3 Å². The van der Waals surface area contributed by atoms with Crippen LogP contribution in [0.15, 0.2) is 205 Å². The lowest BCUT2D eigenvalue weighted by molar-refractivity contribution is 0.621. The molecule has 0 amide bonds. The number of oxazole rings is 1. The summed E-state index contributed by atoms with van der Waals surface area (Å²) in [5.74, 6) is 0.609. The highest BCUT2D eigenvalue weighted by atomic mass is 32.1. The monoisotopic (exact) mass is 759 g/mol. The molecule has 0 N–H and O–H groups in total. The number of anilines is 3. The molecular weight excluding hydrogens is 727 g/mol. The molecule has 12 aromatic rings. The van der Waals surface area contributed by atoms with Crippen molar-refractivity contribution in [3.63, 3.8) is 0 Å². The van der Waals surface area contributed by atoms with E-state index in [2.05, 4.69) is 173 Å². The third kappa shape index (κ3) is 4.97.